The van der Waals surface area contributed by atoms with Crippen LogP contribution in [0.5, 0.6) is 0 Å². The van der Waals surface area contributed by atoms with Gasteiger partial charge in [-0.15, -0.1) is 0 Å². The van der Waals surface area contributed by atoms with Crippen molar-refractivity contribution in [3.8, 4) is 0 Å². The second-order valence-electron chi connectivity index (χ2n) is 5.40. The lowest BCUT2D eigenvalue weighted by atomic mass is 10.1. The van der Waals surface area contributed by atoms with Crippen LogP contribution in [-0.2, 0) is 0 Å². The molecule has 1 atom stereocenters. The van der Waals surface area contributed by atoms with E-state index in [-0.39, 0.29) is 5.56 Å². The van der Waals surface area contributed by atoms with Gasteiger partial charge in [0.15, 0.2) is 0 Å². The molecule has 0 radical (unpaired) electrons. The average molecular weight is 271 g/mol. The highest BCUT2D eigenvalue weighted by Crippen LogP contribution is 2.18. The van der Waals surface area contributed by atoms with E-state index in [4.69, 9.17) is 0 Å². The fourth-order valence-electron chi connectivity index (χ4n) is 3.08. The number of hydrogen-bond donors (Lipinski definition) is 2. The minimum absolute atomic E-state index is 0.0237. The van der Waals surface area contributed by atoms with Crippen molar-refractivity contribution >= 4 is 16.6 Å². The Morgan fingerprint density at radius 1 is 1.40 bits per heavy atom. The molecular weight excluding hydrogens is 250 g/mol. The first-order valence-electron chi connectivity index (χ1n) is 7.38. The highest BCUT2D eigenvalue weighted by molar-refractivity contribution is 5.83. The second-order valence-corrected chi connectivity index (χ2v) is 5.40. The summed E-state index contributed by atoms with van der Waals surface area (Å²) in [5.74, 6) is 0.816. The van der Waals surface area contributed by atoms with Crippen molar-refractivity contribution in [2.75, 3.05) is 25.0 Å². The molecule has 0 bridgehead atoms. The molecule has 0 spiro atoms. The molecule has 1 unspecified atom stereocenters. The predicted octanol–water partition coefficient (Wildman–Crippen LogP) is 2.42. The third-order valence-electron chi connectivity index (χ3n) is 4.19. The zero-order valence-electron chi connectivity index (χ0n) is 11.9. The molecular formula is C16H21N3O. The Hall–Kier alpha value is -1.81. The molecule has 1 fully saturated rings. The number of nitrogens with zero attached hydrogens (tertiary/aromatic N) is 1. The molecule has 1 aromatic heterocycles. The van der Waals surface area contributed by atoms with E-state index in [9.17, 15) is 4.79 Å². The Labute approximate surface area is 118 Å². The van der Waals surface area contributed by atoms with Crippen LogP contribution in [0.1, 0.15) is 19.8 Å². The summed E-state index contributed by atoms with van der Waals surface area (Å²) in [6, 6.07) is 10.3. The van der Waals surface area contributed by atoms with Crippen LogP contribution in [0.4, 0.5) is 5.82 Å². The standard InChI is InChI=1S/C16H21N3O/c1-2-19-9-5-7-13(19)11-17-15-10-12-6-3-4-8-14(12)16(20)18-15/h3-4,6,8,10,13H,2,5,7,9,11H2,1H3,(H2,17,18,20). The van der Waals surface area contributed by atoms with Gasteiger partial charge in [0.25, 0.3) is 5.56 Å². The summed E-state index contributed by atoms with van der Waals surface area (Å²) in [7, 11) is 0. The van der Waals surface area contributed by atoms with Crippen LogP contribution in [-0.4, -0.2) is 35.6 Å². The number of likely N-dealkylation sites (N-methyl/N-ethyl adjacent to an activating group) is 1. The number of rotatable bonds is 4. The van der Waals surface area contributed by atoms with Gasteiger partial charge in [0.1, 0.15) is 5.82 Å². The molecule has 1 aliphatic heterocycles. The van der Waals surface area contributed by atoms with Crippen LogP contribution in [0, 0.1) is 0 Å². The van der Waals surface area contributed by atoms with Gasteiger partial charge in [-0.1, -0.05) is 25.1 Å². The number of anilines is 1. The van der Waals surface area contributed by atoms with E-state index in [1.807, 2.05) is 30.3 Å². The number of nitrogens with one attached hydrogen (secondary N) is 2. The molecule has 1 aliphatic rings. The van der Waals surface area contributed by atoms with E-state index in [2.05, 4.69) is 22.1 Å². The number of aromatic amines is 1. The van der Waals surface area contributed by atoms with Crippen LogP contribution in [0.2, 0.25) is 0 Å². The van der Waals surface area contributed by atoms with Crippen molar-refractivity contribution in [2.45, 2.75) is 25.8 Å². The van der Waals surface area contributed by atoms with E-state index in [0.29, 0.717) is 6.04 Å². The number of benzene rings is 1. The molecule has 4 heteroatoms. The van der Waals surface area contributed by atoms with Gasteiger partial charge < -0.3 is 10.3 Å². The predicted molar refractivity (Wildman–Crippen MR) is 83.3 cm³/mol. The van der Waals surface area contributed by atoms with Crippen molar-refractivity contribution < 1.29 is 0 Å². The van der Waals surface area contributed by atoms with E-state index in [0.717, 1.165) is 29.7 Å². The zero-order valence-corrected chi connectivity index (χ0v) is 11.9. The van der Waals surface area contributed by atoms with Crippen LogP contribution in [0.25, 0.3) is 10.8 Å². The summed E-state index contributed by atoms with van der Waals surface area (Å²) >= 11 is 0. The number of hydrogen-bond acceptors (Lipinski definition) is 3. The normalized spacial score (nSPS) is 19.6. The maximum atomic E-state index is 12.0. The Morgan fingerprint density at radius 3 is 3.10 bits per heavy atom. The summed E-state index contributed by atoms with van der Waals surface area (Å²) in [5.41, 5.74) is -0.0237. The first kappa shape index (κ1) is 13.2. The van der Waals surface area contributed by atoms with Gasteiger partial charge in [0.2, 0.25) is 0 Å². The summed E-state index contributed by atoms with van der Waals surface area (Å²) < 4.78 is 0. The number of H-pyrrole nitrogens is 1. The molecule has 3 rings (SSSR count). The monoisotopic (exact) mass is 271 g/mol. The van der Waals surface area contributed by atoms with Gasteiger partial charge in [-0.25, -0.2) is 0 Å². The summed E-state index contributed by atoms with van der Waals surface area (Å²) in [5, 5.41) is 5.11. The smallest absolute Gasteiger partial charge is 0.257 e. The Bertz CT molecular complexity index is 649. The number of aromatic nitrogens is 1. The Kier molecular flexibility index (Phi) is 3.74. The van der Waals surface area contributed by atoms with Gasteiger partial charge in [-0.3, -0.25) is 9.69 Å². The van der Waals surface area contributed by atoms with Gasteiger partial charge in [0.05, 0.1) is 0 Å². The van der Waals surface area contributed by atoms with E-state index in [1.165, 1.54) is 19.4 Å². The highest BCUT2D eigenvalue weighted by atomic mass is 16.1. The van der Waals surface area contributed by atoms with Crippen LogP contribution in [0.15, 0.2) is 35.1 Å². The molecule has 2 aromatic rings. The maximum Gasteiger partial charge on any atom is 0.257 e. The fourth-order valence-corrected chi connectivity index (χ4v) is 3.08. The molecule has 0 aliphatic carbocycles. The van der Waals surface area contributed by atoms with Gasteiger partial charge in [0, 0.05) is 18.0 Å². The molecule has 2 heterocycles. The number of likely N-dealkylation sites (tertiary alicyclic amines) is 1. The molecule has 1 saturated heterocycles. The number of pyridine rings is 1. The highest BCUT2D eigenvalue weighted by Gasteiger charge is 2.22. The molecule has 106 valence electrons. The lowest BCUT2D eigenvalue weighted by Gasteiger charge is -2.23. The molecule has 0 saturated carbocycles. The average Bonchev–Trinajstić information content (AvgIpc) is 2.93. The van der Waals surface area contributed by atoms with Crippen molar-refractivity contribution in [1.29, 1.82) is 0 Å². The van der Waals surface area contributed by atoms with Crippen LogP contribution in [0.3, 0.4) is 0 Å². The second kappa shape index (κ2) is 5.67. The van der Waals surface area contributed by atoms with Gasteiger partial charge in [-0.2, -0.15) is 0 Å². The molecule has 20 heavy (non-hydrogen) atoms. The quantitative estimate of drug-likeness (QED) is 0.898. The summed E-state index contributed by atoms with van der Waals surface area (Å²) in [6.07, 6.45) is 2.51. The van der Waals surface area contributed by atoms with Gasteiger partial charge in [-0.05, 0) is 43.5 Å². The molecule has 1 aromatic carbocycles. The topological polar surface area (TPSA) is 48.1 Å². The third-order valence-corrected chi connectivity index (χ3v) is 4.19. The van der Waals surface area contributed by atoms with E-state index in [1.54, 1.807) is 0 Å². The fraction of sp³-hybridized carbons (Fsp3) is 0.438. The van der Waals surface area contributed by atoms with Crippen molar-refractivity contribution in [2.24, 2.45) is 0 Å². The minimum Gasteiger partial charge on any atom is -0.370 e. The van der Waals surface area contributed by atoms with E-state index < -0.39 is 0 Å². The Morgan fingerprint density at radius 2 is 2.25 bits per heavy atom. The van der Waals surface area contributed by atoms with Crippen LogP contribution >= 0.6 is 0 Å². The number of fused-ring (bicyclic) bond motifs is 1. The largest absolute Gasteiger partial charge is 0.370 e. The maximum absolute atomic E-state index is 12.0. The Balaban J connectivity index is 1.76. The van der Waals surface area contributed by atoms with Gasteiger partial charge >= 0.3 is 0 Å². The van der Waals surface area contributed by atoms with Crippen molar-refractivity contribution in [3.05, 3.63) is 40.7 Å². The van der Waals surface area contributed by atoms with Crippen LogP contribution < -0.4 is 10.9 Å². The SMILES string of the molecule is CCN1CCCC1CNc1cc2ccccc2c(=O)[nH]1. The lowest BCUT2D eigenvalue weighted by Crippen LogP contribution is -2.35. The molecule has 4 nitrogen and oxygen atoms in total. The first-order valence-corrected chi connectivity index (χ1v) is 7.38. The lowest BCUT2D eigenvalue weighted by molar-refractivity contribution is 0.277. The van der Waals surface area contributed by atoms with E-state index >= 15 is 0 Å². The van der Waals surface area contributed by atoms with Crippen molar-refractivity contribution in [3.63, 3.8) is 0 Å². The first-order chi connectivity index (χ1) is 9.78. The zero-order chi connectivity index (χ0) is 13.9. The third kappa shape index (κ3) is 2.56. The summed E-state index contributed by atoms with van der Waals surface area (Å²) in [6.45, 7) is 5.38. The molecule has 2 N–H and O–H groups in total. The molecule has 0 amide bonds. The summed E-state index contributed by atoms with van der Waals surface area (Å²) in [4.78, 5) is 17.4. The minimum atomic E-state index is -0.0237. The van der Waals surface area contributed by atoms with Crippen molar-refractivity contribution in [1.82, 2.24) is 9.88 Å².